The lowest BCUT2D eigenvalue weighted by Crippen LogP contribution is -2.34. The van der Waals surface area contributed by atoms with Gasteiger partial charge >= 0.3 is 0 Å². The van der Waals surface area contributed by atoms with E-state index in [-0.39, 0.29) is 5.91 Å². The molecule has 1 aliphatic heterocycles. The van der Waals surface area contributed by atoms with Crippen LogP contribution in [0.5, 0.6) is 5.75 Å². The Morgan fingerprint density at radius 2 is 2.12 bits per heavy atom. The maximum atomic E-state index is 12.3. The number of hydrogen-bond donors (Lipinski definition) is 2. The van der Waals surface area contributed by atoms with Gasteiger partial charge < -0.3 is 15.0 Å². The number of aromatic amines is 1. The van der Waals surface area contributed by atoms with Crippen molar-refractivity contribution >= 4 is 11.7 Å². The Morgan fingerprint density at radius 1 is 1.31 bits per heavy atom. The summed E-state index contributed by atoms with van der Waals surface area (Å²) in [5.41, 5.74) is 1.64. The van der Waals surface area contributed by atoms with Crippen molar-refractivity contribution in [2.45, 2.75) is 32.6 Å². The molecular formula is C19H27N5O2. The fraction of sp³-hybridized carbons (Fsp3) is 0.526. The number of amides is 1. The second kappa shape index (κ2) is 8.80. The van der Waals surface area contributed by atoms with Crippen LogP contribution in [0.2, 0.25) is 0 Å². The molecule has 3 heterocycles. The summed E-state index contributed by atoms with van der Waals surface area (Å²) in [6, 6.07) is 3.68. The van der Waals surface area contributed by atoms with Crippen LogP contribution in [0.1, 0.15) is 32.6 Å². The van der Waals surface area contributed by atoms with Gasteiger partial charge in [-0.15, -0.1) is 0 Å². The van der Waals surface area contributed by atoms with E-state index >= 15 is 0 Å². The maximum Gasteiger partial charge on any atom is 0.225 e. The van der Waals surface area contributed by atoms with E-state index in [1.165, 1.54) is 19.3 Å². The Hall–Kier alpha value is -2.41. The van der Waals surface area contributed by atoms with Crippen LogP contribution in [-0.2, 0) is 4.79 Å². The van der Waals surface area contributed by atoms with Crippen LogP contribution in [0.25, 0.3) is 11.3 Å². The van der Waals surface area contributed by atoms with Gasteiger partial charge in [0.15, 0.2) is 5.82 Å². The minimum atomic E-state index is -0.00340. The molecule has 1 saturated heterocycles. The number of rotatable bonds is 7. The first-order valence-corrected chi connectivity index (χ1v) is 9.21. The number of carbonyl (C=O) groups excluding carboxylic acids is 1. The zero-order valence-corrected chi connectivity index (χ0v) is 15.5. The van der Waals surface area contributed by atoms with Crippen LogP contribution < -0.4 is 10.1 Å². The summed E-state index contributed by atoms with van der Waals surface area (Å²) < 4.78 is 5.18. The van der Waals surface area contributed by atoms with E-state index in [1.54, 1.807) is 19.5 Å². The zero-order chi connectivity index (χ0) is 18.4. The van der Waals surface area contributed by atoms with E-state index in [0.29, 0.717) is 23.9 Å². The summed E-state index contributed by atoms with van der Waals surface area (Å²) in [5.74, 6) is 1.53. The standard InChI is InChI=1S/C19H27N5O2/c1-14(13-24-6-4-3-5-7-24)8-19(25)21-18-10-17(22-23-18)15-9-16(26-2)12-20-11-15/h9-12,14H,3-8,13H2,1-2H3,(H2,21,22,23,25). The Kier molecular flexibility index (Phi) is 6.22. The van der Waals surface area contributed by atoms with Crippen molar-refractivity contribution in [1.29, 1.82) is 0 Å². The Balaban J connectivity index is 1.52. The molecule has 1 amide bonds. The van der Waals surface area contributed by atoms with E-state index in [9.17, 15) is 4.79 Å². The molecule has 0 aliphatic carbocycles. The molecule has 7 heteroatoms. The molecule has 0 bridgehead atoms. The lowest BCUT2D eigenvalue weighted by atomic mass is 10.0. The second-order valence-corrected chi connectivity index (χ2v) is 7.00. The number of ether oxygens (including phenoxy) is 1. The van der Waals surface area contributed by atoms with Crippen molar-refractivity contribution in [3.05, 3.63) is 24.5 Å². The van der Waals surface area contributed by atoms with Gasteiger partial charge in [-0.1, -0.05) is 13.3 Å². The quantitative estimate of drug-likeness (QED) is 0.796. The summed E-state index contributed by atoms with van der Waals surface area (Å²) >= 11 is 0. The predicted molar refractivity (Wildman–Crippen MR) is 101 cm³/mol. The summed E-state index contributed by atoms with van der Waals surface area (Å²) in [6.07, 6.45) is 7.74. The number of methoxy groups -OCH3 is 1. The summed E-state index contributed by atoms with van der Waals surface area (Å²) in [7, 11) is 1.60. The third kappa shape index (κ3) is 5.05. The second-order valence-electron chi connectivity index (χ2n) is 7.00. The highest BCUT2D eigenvalue weighted by atomic mass is 16.5. The number of carbonyl (C=O) groups is 1. The highest BCUT2D eigenvalue weighted by Gasteiger charge is 2.16. The number of anilines is 1. The summed E-state index contributed by atoms with van der Waals surface area (Å²) in [6.45, 7) is 5.42. The minimum Gasteiger partial charge on any atom is -0.495 e. The van der Waals surface area contributed by atoms with Gasteiger partial charge in [0, 0.05) is 30.8 Å². The monoisotopic (exact) mass is 357 g/mol. The molecule has 140 valence electrons. The number of piperidine rings is 1. The molecule has 0 radical (unpaired) electrons. The maximum absolute atomic E-state index is 12.3. The lowest BCUT2D eigenvalue weighted by molar-refractivity contribution is -0.117. The molecule has 2 N–H and O–H groups in total. The molecule has 1 fully saturated rings. The van der Waals surface area contributed by atoms with Gasteiger partial charge in [0.25, 0.3) is 0 Å². The summed E-state index contributed by atoms with van der Waals surface area (Å²) in [4.78, 5) is 18.9. The van der Waals surface area contributed by atoms with Gasteiger partial charge in [-0.2, -0.15) is 5.10 Å². The molecule has 1 unspecified atom stereocenters. The lowest BCUT2D eigenvalue weighted by Gasteiger charge is -2.28. The smallest absolute Gasteiger partial charge is 0.225 e. The number of pyridine rings is 1. The van der Waals surface area contributed by atoms with Crippen molar-refractivity contribution in [3.63, 3.8) is 0 Å². The van der Waals surface area contributed by atoms with Crippen molar-refractivity contribution in [2.75, 3.05) is 32.1 Å². The van der Waals surface area contributed by atoms with Crippen LogP contribution in [0.3, 0.4) is 0 Å². The average molecular weight is 357 g/mol. The highest BCUT2D eigenvalue weighted by Crippen LogP contribution is 2.23. The van der Waals surface area contributed by atoms with Gasteiger partial charge in [0.05, 0.1) is 19.0 Å². The van der Waals surface area contributed by atoms with E-state index in [2.05, 4.69) is 32.3 Å². The van der Waals surface area contributed by atoms with Gasteiger partial charge in [-0.25, -0.2) is 0 Å². The molecular weight excluding hydrogens is 330 g/mol. The normalized spacial score (nSPS) is 16.2. The molecule has 0 spiro atoms. The number of nitrogens with zero attached hydrogens (tertiary/aromatic N) is 3. The topological polar surface area (TPSA) is 83.1 Å². The minimum absolute atomic E-state index is 0.00340. The number of nitrogens with one attached hydrogen (secondary N) is 2. The first-order valence-electron chi connectivity index (χ1n) is 9.21. The number of likely N-dealkylation sites (tertiary alicyclic amines) is 1. The SMILES string of the molecule is COc1cncc(-c2cc(NC(=O)CC(C)CN3CCCCC3)n[nH]2)c1. The van der Waals surface area contributed by atoms with Crippen molar-refractivity contribution in [1.82, 2.24) is 20.1 Å². The largest absolute Gasteiger partial charge is 0.495 e. The molecule has 0 aromatic carbocycles. The van der Waals surface area contributed by atoms with Crippen LogP contribution in [0, 0.1) is 5.92 Å². The molecule has 1 aliphatic rings. The van der Waals surface area contributed by atoms with Crippen molar-refractivity contribution in [3.8, 4) is 17.0 Å². The van der Waals surface area contributed by atoms with E-state index in [0.717, 1.165) is 30.9 Å². The molecule has 3 rings (SSSR count). The summed E-state index contributed by atoms with van der Waals surface area (Å²) in [5, 5.41) is 9.98. The van der Waals surface area contributed by atoms with Gasteiger partial charge in [0.1, 0.15) is 5.75 Å². The first-order chi connectivity index (χ1) is 12.6. The zero-order valence-electron chi connectivity index (χ0n) is 15.5. The van der Waals surface area contributed by atoms with Gasteiger partial charge in [-0.05, 0) is 37.9 Å². The fourth-order valence-corrected chi connectivity index (χ4v) is 3.37. The van der Waals surface area contributed by atoms with Gasteiger partial charge in [0.2, 0.25) is 5.91 Å². The van der Waals surface area contributed by atoms with E-state index < -0.39 is 0 Å². The number of aromatic nitrogens is 3. The first kappa shape index (κ1) is 18.4. The molecule has 26 heavy (non-hydrogen) atoms. The average Bonchev–Trinajstić information content (AvgIpc) is 3.10. The van der Waals surface area contributed by atoms with Crippen molar-refractivity contribution < 1.29 is 9.53 Å². The third-order valence-electron chi connectivity index (χ3n) is 4.66. The fourth-order valence-electron chi connectivity index (χ4n) is 3.37. The van der Waals surface area contributed by atoms with Crippen LogP contribution in [0.4, 0.5) is 5.82 Å². The van der Waals surface area contributed by atoms with Crippen LogP contribution >= 0.6 is 0 Å². The number of H-pyrrole nitrogens is 1. The van der Waals surface area contributed by atoms with Gasteiger partial charge in [-0.3, -0.25) is 14.9 Å². The molecule has 1 atom stereocenters. The van der Waals surface area contributed by atoms with Crippen molar-refractivity contribution in [2.24, 2.45) is 5.92 Å². The number of hydrogen-bond acceptors (Lipinski definition) is 5. The molecule has 2 aromatic heterocycles. The predicted octanol–water partition coefficient (Wildman–Crippen LogP) is 2.93. The molecule has 2 aromatic rings. The van der Waals surface area contributed by atoms with E-state index in [4.69, 9.17) is 4.74 Å². The van der Waals surface area contributed by atoms with Crippen LogP contribution in [0.15, 0.2) is 24.5 Å². The Labute approximate surface area is 154 Å². The third-order valence-corrected chi connectivity index (χ3v) is 4.66. The molecule has 0 saturated carbocycles. The van der Waals surface area contributed by atoms with E-state index in [1.807, 2.05) is 12.1 Å². The highest BCUT2D eigenvalue weighted by molar-refractivity contribution is 5.90. The van der Waals surface area contributed by atoms with Crippen LogP contribution in [-0.4, -0.2) is 52.7 Å². The molecule has 7 nitrogen and oxygen atoms in total. The Morgan fingerprint density at radius 3 is 2.88 bits per heavy atom. The Bertz CT molecular complexity index is 724.